The lowest BCUT2D eigenvalue weighted by Crippen LogP contribution is -2.32. The lowest BCUT2D eigenvalue weighted by atomic mass is 10.1. The first kappa shape index (κ1) is 17.4. The molecule has 2 atom stereocenters. The Morgan fingerprint density at radius 1 is 1.52 bits per heavy atom. The maximum Gasteiger partial charge on any atom is 0.271 e. The Bertz CT molecular complexity index is 710. The summed E-state index contributed by atoms with van der Waals surface area (Å²) in [6.45, 7) is 2.02. The molecule has 25 heavy (non-hydrogen) atoms. The molecule has 2 aromatic rings. The number of piperidine rings is 1. The fraction of sp³-hybridized carbons (Fsp3) is 0.444. The first-order chi connectivity index (χ1) is 12.2. The Kier molecular flexibility index (Phi) is 5.67. The predicted molar refractivity (Wildman–Crippen MR) is 93.7 cm³/mol. The number of methoxy groups -OCH3 is 1. The SMILES string of the molecule is COc1cccc(C(O)CNC(=O)c2ccn(C3CCCNC3)n2)c1. The Balaban J connectivity index is 1.56. The number of nitrogens with one attached hydrogen (secondary N) is 2. The summed E-state index contributed by atoms with van der Waals surface area (Å²) in [5, 5.41) is 20.7. The largest absolute Gasteiger partial charge is 0.497 e. The number of ether oxygens (including phenoxy) is 1. The minimum Gasteiger partial charge on any atom is -0.497 e. The Morgan fingerprint density at radius 3 is 3.16 bits per heavy atom. The van der Waals surface area contributed by atoms with Gasteiger partial charge in [0.15, 0.2) is 0 Å². The van der Waals surface area contributed by atoms with Gasteiger partial charge in [-0.2, -0.15) is 5.10 Å². The molecule has 7 nitrogen and oxygen atoms in total. The van der Waals surface area contributed by atoms with Crippen LogP contribution >= 0.6 is 0 Å². The van der Waals surface area contributed by atoms with Gasteiger partial charge in [-0.05, 0) is 43.1 Å². The van der Waals surface area contributed by atoms with E-state index in [1.807, 2.05) is 16.9 Å². The van der Waals surface area contributed by atoms with Crippen LogP contribution in [0, 0.1) is 0 Å². The fourth-order valence-electron chi connectivity index (χ4n) is 2.97. The molecule has 2 unspecified atom stereocenters. The molecule has 1 aliphatic heterocycles. The van der Waals surface area contributed by atoms with E-state index in [0.29, 0.717) is 17.0 Å². The maximum atomic E-state index is 12.3. The molecule has 1 aliphatic rings. The van der Waals surface area contributed by atoms with Crippen LogP contribution in [0.3, 0.4) is 0 Å². The highest BCUT2D eigenvalue weighted by Crippen LogP contribution is 2.19. The van der Waals surface area contributed by atoms with Gasteiger partial charge in [-0.1, -0.05) is 12.1 Å². The number of rotatable bonds is 6. The maximum absolute atomic E-state index is 12.3. The van der Waals surface area contributed by atoms with E-state index in [9.17, 15) is 9.90 Å². The predicted octanol–water partition coefficient (Wildman–Crippen LogP) is 1.28. The Hall–Kier alpha value is -2.38. The second-order valence-corrected chi connectivity index (χ2v) is 6.18. The molecule has 0 spiro atoms. The van der Waals surface area contributed by atoms with Crippen LogP contribution < -0.4 is 15.4 Å². The zero-order valence-corrected chi connectivity index (χ0v) is 14.3. The molecule has 1 aromatic heterocycles. The zero-order valence-electron chi connectivity index (χ0n) is 14.3. The van der Waals surface area contributed by atoms with Crippen LogP contribution in [0.15, 0.2) is 36.5 Å². The monoisotopic (exact) mass is 344 g/mol. The molecule has 3 rings (SSSR count). The second-order valence-electron chi connectivity index (χ2n) is 6.18. The summed E-state index contributed by atoms with van der Waals surface area (Å²) in [5.41, 5.74) is 1.06. The molecule has 1 saturated heterocycles. The molecule has 7 heteroatoms. The highest BCUT2D eigenvalue weighted by molar-refractivity contribution is 5.92. The van der Waals surface area contributed by atoms with Gasteiger partial charge < -0.3 is 20.5 Å². The third kappa shape index (κ3) is 4.37. The van der Waals surface area contributed by atoms with E-state index in [0.717, 1.165) is 25.9 Å². The van der Waals surface area contributed by atoms with Crippen molar-refractivity contribution >= 4 is 5.91 Å². The van der Waals surface area contributed by atoms with E-state index in [4.69, 9.17) is 4.74 Å². The normalized spacial score (nSPS) is 18.6. The average molecular weight is 344 g/mol. The van der Waals surface area contributed by atoms with Crippen LogP contribution in [0.4, 0.5) is 0 Å². The van der Waals surface area contributed by atoms with Crippen LogP contribution in [-0.4, -0.2) is 47.5 Å². The molecule has 2 heterocycles. The smallest absolute Gasteiger partial charge is 0.271 e. The Morgan fingerprint density at radius 2 is 2.40 bits per heavy atom. The molecule has 0 bridgehead atoms. The van der Waals surface area contributed by atoms with Gasteiger partial charge in [0.05, 0.1) is 19.3 Å². The minimum absolute atomic E-state index is 0.115. The number of hydrogen-bond acceptors (Lipinski definition) is 5. The number of benzene rings is 1. The van der Waals surface area contributed by atoms with Crippen molar-refractivity contribution in [1.82, 2.24) is 20.4 Å². The van der Waals surface area contributed by atoms with Gasteiger partial charge in [-0.3, -0.25) is 9.48 Å². The fourth-order valence-corrected chi connectivity index (χ4v) is 2.97. The first-order valence-corrected chi connectivity index (χ1v) is 8.53. The molecule has 134 valence electrons. The molecule has 1 amide bonds. The van der Waals surface area contributed by atoms with Crippen molar-refractivity contribution in [3.05, 3.63) is 47.8 Å². The quantitative estimate of drug-likeness (QED) is 0.735. The first-order valence-electron chi connectivity index (χ1n) is 8.53. The van der Waals surface area contributed by atoms with E-state index in [1.54, 1.807) is 31.4 Å². The number of nitrogens with zero attached hydrogens (tertiary/aromatic N) is 2. The average Bonchev–Trinajstić information content (AvgIpc) is 3.17. The van der Waals surface area contributed by atoms with Gasteiger partial charge in [0.1, 0.15) is 11.4 Å². The van der Waals surface area contributed by atoms with Crippen molar-refractivity contribution in [1.29, 1.82) is 0 Å². The molecule has 3 N–H and O–H groups in total. The second kappa shape index (κ2) is 8.13. The van der Waals surface area contributed by atoms with Crippen molar-refractivity contribution in [3.63, 3.8) is 0 Å². The highest BCUT2D eigenvalue weighted by atomic mass is 16.5. The van der Waals surface area contributed by atoms with Crippen LogP contribution in [0.2, 0.25) is 0 Å². The zero-order chi connectivity index (χ0) is 17.6. The molecular formula is C18H24N4O3. The van der Waals surface area contributed by atoms with Crippen molar-refractivity contribution in [3.8, 4) is 5.75 Å². The lowest BCUT2D eigenvalue weighted by molar-refractivity contribution is 0.0910. The summed E-state index contributed by atoms with van der Waals surface area (Å²) in [4.78, 5) is 12.3. The molecular weight excluding hydrogens is 320 g/mol. The number of aromatic nitrogens is 2. The van der Waals surface area contributed by atoms with E-state index in [1.165, 1.54) is 0 Å². The van der Waals surface area contributed by atoms with E-state index in [-0.39, 0.29) is 18.5 Å². The summed E-state index contributed by atoms with van der Waals surface area (Å²) in [5.74, 6) is 0.382. The van der Waals surface area contributed by atoms with E-state index >= 15 is 0 Å². The van der Waals surface area contributed by atoms with Gasteiger partial charge in [0, 0.05) is 19.3 Å². The third-order valence-electron chi connectivity index (χ3n) is 4.42. The van der Waals surface area contributed by atoms with Gasteiger partial charge in [-0.15, -0.1) is 0 Å². The van der Waals surface area contributed by atoms with Crippen molar-refractivity contribution < 1.29 is 14.6 Å². The number of amides is 1. The van der Waals surface area contributed by atoms with E-state index in [2.05, 4.69) is 15.7 Å². The number of carbonyl (C=O) groups is 1. The molecule has 0 radical (unpaired) electrons. The summed E-state index contributed by atoms with van der Waals surface area (Å²) in [7, 11) is 1.57. The Labute approximate surface area is 147 Å². The minimum atomic E-state index is -0.802. The van der Waals surface area contributed by atoms with Crippen molar-refractivity contribution in [2.24, 2.45) is 0 Å². The van der Waals surface area contributed by atoms with Crippen molar-refractivity contribution in [2.45, 2.75) is 25.0 Å². The van der Waals surface area contributed by atoms with Gasteiger partial charge in [0.25, 0.3) is 5.91 Å². The van der Waals surface area contributed by atoms with Crippen LogP contribution in [0.25, 0.3) is 0 Å². The molecule has 1 aromatic carbocycles. The summed E-state index contributed by atoms with van der Waals surface area (Å²) in [6, 6.07) is 9.16. The standard InChI is InChI=1S/C18H24N4O3/c1-25-15-6-2-4-13(10-15)17(23)12-20-18(24)16-7-9-22(21-16)14-5-3-8-19-11-14/h2,4,6-7,9-10,14,17,19,23H,3,5,8,11-12H2,1H3,(H,20,24). The molecule has 0 saturated carbocycles. The molecule has 1 fully saturated rings. The topological polar surface area (TPSA) is 88.4 Å². The number of hydrogen-bond donors (Lipinski definition) is 3. The summed E-state index contributed by atoms with van der Waals surface area (Å²) >= 11 is 0. The highest BCUT2D eigenvalue weighted by Gasteiger charge is 2.18. The van der Waals surface area contributed by atoms with Gasteiger partial charge >= 0.3 is 0 Å². The van der Waals surface area contributed by atoms with E-state index < -0.39 is 6.10 Å². The number of aliphatic hydroxyl groups excluding tert-OH is 1. The van der Waals surface area contributed by atoms with Crippen molar-refractivity contribution in [2.75, 3.05) is 26.7 Å². The van der Waals surface area contributed by atoms with Crippen LogP contribution in [0.1, 0.15) is 41.0 Å². The summed E-state index contributed by atoms with van der Waals surface area (Å²) in [6.07, 6.45) is 3.21. The van der Waals surface area contributed by atoms with Gasteiger partial charge in [-0.25, -0.2) is 0 Å². The number of aliphatic hydroxyl groups is 1. The van der Waals surface area contributed by atoms with Gasteiger partial charge in [0.2, 0.25) is 0 Å². The lowest BCUT2D eigenvalue weighted by Gasteiger charge is -2.22. The summed E-state index contributed by atoms with van der Waals surface area (Å²) < 4.78 is 6.99. The third-order valence-corrected chi connectivity index (χ3v) is 4.42. The van der Waals surface area contributed by atoms with Crippen LogP contribution in [-0.2, 0) is 0 Å². The van der Waals surface area contributed by atoms with Crippen LogP contribution in [0.5, 0.6) is 5.75 Å². The molecule has 0 aliphatic carbocycles. The number of carbonyl (C=O) groups excluding carboxylic acids is 1.